The van der Waals surface area contributed by atoms with Gasteiger partial charge in [0, 0.05) is 0 Å². The molecule has 0 aromatic heterocycles. The van der Waals surface area contributed by atoms with Crippen LogP contribution in [0.25, 0.3) is 0 Å². The Morgan fingerprint density at radius 3 is 2.46 bits per heavy atom. The summed E-state index contributed by atoms with van der Waals surface area (Å²) in [7, 11) is 0. The van der Waals surface area contributed by atoms with Crippen LogP contribution < -0.4 is 0 Å². The summed E-state index contributed by atoms with van der Waals surface area (Å²) >= 11 is 0. The molecule has 0 saturated heterocycles. The number of hydrogen-bond acceptors (Lipinski definition) is 0. The second-order valence-electron chi connectivity index (χ2n) is 3.12. The zero-order valence-corrected chi connectivity index (χ0v) is 8.63. The van der Waals surface area contributed by atoms with Gasteiger partial charge in [0.05, 0.1) is 0 Å². The topological polar surface area (TPSA) is 0 Å². The minimum absolute atomic E-state index is 0.982. The van der Waals surface area contributed by atoms with E-state index >= 15 is 0 Å². The smallest absolute Gasteiger partial charge is 0.0144 e. The maximum absolute atomic E-state index is 3.70. The van der Waals surface area contributed by atoms with Crippen LogP contribution in [0.2, 0.25) is 0 Å². The molecule has 0 saturated carbocycles. The van der Waals surface area contributed by atoms with Gasteiger partial charge in [-0.1, -0.05) is 36.0 Å². The van der Waals surface area contributed by atoms with Crippen molar-refractivity contribution in [2.24, 2.45) is 0 Å². The molecule has 0 fully saturated rings. The molecule has 0 spiro atoms. The molecular formula is C13H20. The highest BCUT2D eigenvalue weighted by Crippen LogP contribution is 2.04. The molecule has 0 bridgehead atoms. The van der Waals surface area contributed by atoms with Crippen molar-refractivity contribution in [1.82, 2.24) is 0 Å². The first kappa shape index (κ1) is 12.0. The van der Waals surface area contributed by atoms with Crippen LogP contribution in [0.5, 0.6) is 0 Å². The monoisotopic (exact) mass is 176 g/mol. The zero-order chi connectivity index (χ0) is 9.94. The van der Waals surface area contributed by atoms with Crippen molar-refractivity contribution in [3.05, 3.63) is 49.1 Å². The van der Waals surface area contributed by atoms with Crippen molar-refractivity contribution in [2.45, 2.75) is 32.6 Å². The van der Waals surface area contributed by atoms with Crippen molar-refractivity contribution < 1.29 is 0 Å². The summed E-state index contributed by atoms with van der Waals surface area (Å²) in [5.41, 5.74) is 1.41. The van der Waals surface area contributed by atoms with Crippen LogP contribution in [-0.4, -0.2) is 0 Å². The average molecular weight is 176 g/mol. The van der Waals surface area contributed by atoms with E-state index in [9.17, 15) is 0 Å². The predicted octanol–water partition coefficient (Wildman–Crippen LogP) is 4.42. The second-order valence-corrected chi connectivity index (χ2v) is 3.12. The SMILES string of the molecule is C=CCC=CCCC=C(C)CC=C. The van der Waals surface area contributed by atoms with Gasteiger partial charge in [0.2, 0.25) is 0 Å². The molecule has 0 aromatic carbocycles. The maximum Gasteiger partial charge on any atom is -0.0144 e. The normalized spacial score (nSPS) is 11.9. The Labute approximate surface area is 82.4 Å². The molecule has 0 heterocycles. The lowest BCUT2D eigenvalue weighted by molar-refractivity contribution is 1.01. The molecule has 0 heteroatoms. The number of hydrogen-bond donors (Lipinski definition) is 0. The molecule has 0 N–H and O–H groups in total. The van der Waals surface area contributed by atoms with Crippen molar-refractivity contribution in [2.75, 3.05) is 0 Å². The van der Waals surface area contributed by atoms with E-state index in [4.69, 9.17) is 0 Å². The van der Waals surface area contributed by atoms with Gasteiger partial charge in [0.15, 0.2) is 0 Å². The Morgan fingerprint density at radius 2 is 1.85 bits per heavy atom. The highest BCUT2D eigenvalue weighted by Gasteiger charge is 1.83. The van der Waals surface area contributed by atoms with Gasteiger partial charge < -0.3 is 0 Å². The Bertz CT molecular complexity index is 194. The number of rotatable bonds is 7. The largest absolute Gasteiger partial charge is 0.103 e. The molecule has 13 heavy (non-hydrogen) atoms. The minimum Gasteiger partial charge on any atom is -0.103 e. The Kier molecular flexibility index (Phi) is 8.33. The second kappa shape index (κ2) is 9.05. The van der Waals surface area contributed by atoms with E-state index in [-0.39, 0.29) is 0 Å². The molecule has 0 atom stereocenters. The highest BCUT2D eigenvalue weighted by molar-refractivity contribution is 5.03. The van der Waals surface area contributed by atoms with Crippen LogP contribution in [0.1, 0.15) is 32.6 Å². The van der Waals surface area contributed by atoms with Crippen molar-refractivity contribution in [3.63, 3.8) is 0 Å². The third-order valence-electron chi connectivity index (χ3n) is 1.76. The van der Waals surface area contributed by atoms with E-state index in [0.29, 0.717) is 0 Å². The standard InChI is InChI=1S/C13H20/c1-4-6-7-8-9-10-12-13(3)11-5-2/h4-5,7-8,12H,1-2,6,9-11H2,3H3. The summed E-state index contributed by atoms with van der Waals surface area (Å²) in [6.45, 7) is 9.51. The molecular weight excluding hydrogens is 156 g/mol. The molecule has 72 valence electrons. The molecule has 0 rings (SSSR count). The molecule has 0 aromatic rings. The predicted molar refractivity (Wildman–Crippen MR) is 61.8 cm³/mol. The van der Waals surface area contributed by atoms with Crippen LogP contribution in [0.3, 0.4) is 0 Å². The molecule has 0 aliphatic carbocycles. The third kappa shape index (κ3) is 8.87. The van der Waals surface area contributed by atoms with Gasteiger partial charge >= 0.3 is 0 Å². The fraction of sp³-hybridized carbons (Fsp3) is 0.385. The van der Waals surface area contributed by atoms with Crippen molar-refractivity contribution in [3.8, 4) is 0 Å². The number of unbranched alkanes of at least 4 members (excludes halogenated alkanes) is 1. The Balaban J connectivity index is 3.48. The van der Waals surface area contributed by atoms with Gasteiger partial charge in [-0.2, -0.15) is 0 Å². The van der Waals surface area contributed by atoms with E-state index in [1.807, 2.05) is 12.2 Å². The summed E-state index contributed by atoms with van der Waals surface area (Å²) in [5.74, 6) is 0. The Hall–Kier alpha value is -1.04. The van der Waals surface area contributed by atoms with Gasteiger partial charge in [-0.3, -0.25) is 0 Å². The van der Waals surface area contributed by atoms with Gasteiger partial charge in [0.25, 0.3) is 0 Å². The summed E-state index contributed by atoms with van der Waals surface area (Å²) in [5, 5.41) is 0. The molecule has 0 nitrogen and oxygen atoms in total. The van der Waals surface area contributed by atoms with Gasteiger partial charge in [-0.05, 0) is 32.6 Å². The first-order valence-corrected chi connectivity index (χ1v) is 4.83. The lowest BCUT2D eigenvalue weighted by atomic mass is 10.1. The fourth-order valence-electron chi connectivity index (χ4n) is 1.05. The molecule has 0 aliphatic rings. The van der Waals surface area contributed by atoms with Crippen LogP contribution in [0.4, 0.5) is 0 Å². The van der Waals surface area contributed by atoms with Crippen molar-refractivity contribution in [1.29, 1.82) is 0 Å². The summed E-state index contributed by atoms with van der Waals surface area (Å²) in [6.07, 6.45) is 14.7. The summed E-state index contributed by atoms with van der Waals surface area (Å²) < 4.78 is 0. The fourth-order valence-corrected chi connectivity index (χ4v) is 1.05. The van der Waals surface area contributed by atoms with E-state index in [2.05, 4.69) is 38.3 Å². The molecule has 0 radical (unpaired) electrons. The van der Waals surface area contributed by atoms with Crippen LogP contribution in [0.15, 0.2) is 49.1 Å². The van der Waals surface area contributed by atoms with E-state index in [0.717, 1.165) is 25.7 Å². The van der Waals surface area contributed by atoms with E-state index < -0.39 is 0 Å². The lowest BCUT2D eigenvalue weighted by Gasteiger charge is -1.93. The molecule has 0 amide bonds. The average Bonchev–Trinajstić information content (AvgIpc) is 2.11. The van der Waals surface area contributed by atoms with Gasteiger partial charge in [-0.15, -0.1) is 13.2 Å². The summed E-state index contributed by atoms with van der Waals surface area (Å²) in [6, 6.07) is 0. The lowest BCUT2D eigenvalue weighted by Crippen LogP contribution is -1.73. The first-order chi connectivity index (χ1) is 6.31. The van der Waals surface area contributed by atoms with Crippen LogP contribution in [0, 0.1) is 0 Å². The van der Waals surface area contributed by atoms with Crippen molar-refractivity contribution >= 4 is 0 Å². The van der Waals surface area contributed by atoms with Gasteiger partial charge in [0.1, 0.15) is 0 Å². The van der Waals surface area contributed by atoms with E-state index in [1.165, 1.54) is 5.57 Å². The Morgan fingerprint density at radius 1 is 1.08 bits per heavy atom. The zero-order valence-electron chi connectivity index (χ0n) is 8.63. The first-order valence-electron chi connectivity index (χ1n) is 4.83. The highest BCUT2D eigenvalue weighted by atomic mass is 13.9. The summed E-state index contributed by atoms with van der Waals surface area (Å²) in [4.78, 5) is 0. The molecule has 0 unspecified atom stereocenters. The van der Waals surface area contributed by atoms with Crippen LogP contribution >= 0.6 is 0 Å². The number of allylic oxidation sites excluding steroid dienone is 6. The van der Waals surface area contributed by atoms with Crippen LogP contribution in [-0.2, 0) is 0 Å². The molecule has 0 aliphatic heterocycles. The van der Waals surface area contributed by atoms with Gasteiger partial charge in [-0.25, -0.2) is 0 Å². The maximum atomic E-state index is 3.70. The quantitative estimate of drug-likeness (QED) is 0.398. The minimum atomic E-state index is 0.982. The van der Waals surface area contributed by atoms with E-state index in [1.54, 1.807) is 0 Å². The third-order valence-corrected chi connectivity index (χ3v) is 1.76.